The van der Waals surface area contributed by atoms with Crippen LogP contribution in [0.3, 0.4) is 0 Å². The Kier molecular flexibility index (Phi) is 3.79. The van der Waals surface area contributed by atoms with E-state index in [-0.39, 0.29) is 18.2 Å². The lowest BCUT2D eigenvalue weighted by Crippen LogP contribution is -1.95. The van der Waals surface area contributed by atoms with Crippen LogP contribution >= 0.6 is 0 Å². The number of rotatable bonds is 5. The van der Waals surface area contributed by atoms with Gasteiger partial charge in [0.25, 0.3) is 5.69 Å². The number of nitro benzene ring substituents is 1. The fourth-order valence-corrected chi connectivity index (χ4v) is 1.47. The van der Waals surface area contributed by atoms with Crippen molar-refractivity contribution in [1.82, 2.24) is 4.98 Å². The molecule has 100 valence electrons. The number of oxazole rings is 1. The lowest BCUT2D eigenvalue weighted by atomic mass is 10.2. The van der Waals surface area contributed by atoms with Crippen LogP contribution in [0.5, 0.6) is 5.75 Å². The van der Waals surface area contributed by atoms with Gasteiger partial charge in [0.2, 0.25) is 5.89 Å². The summed E-state index contributed by atoms with van der Waals surface area (Å²) in [5.41, 5.74) is 0.0329. The van der Waals surface area contributed by atoms with E-state index in [0.29, 0.717) is 11.6 Å². The Hall–Kier alpha value is -2.37. The van der Waals surface area contributed by atoms with Gasteiger partial charge in [0.1, 0.15) is 11.5 Å². The summed E-state index contributed by atoms with van der Waals surface area (Å²) in [5, 5.41) is 10.5. The molecule has 0 atom stereocenters. The quantitative estimate of drug-likeness (QED) is 0.610. The van der Waals surface area contributed by atoms with E-state index in [0.717, 1.165) is 5.76 Å². The molecule has 0 amide bonds. The maximum atomic E-state index is 10.5. The topological polar surface area (TPSA) is 78.4 Å². The number of non-ortho nitro benzene ring substituents is 1. The zero-order chi connectivity index (χ0) is 13.8. The van der Waals surface area contributed by atoms with Crippen LogP contribution in [-0.4, -0.2) is 9.91 Å². The van der Waals surface area contributed by atoms with Crippen LogP contribution in [0.25, 0.3) is 0 Å². The van der Waals surface area contributed by atoms with Crippen molar-refractivity contribution in [2.45, 2.75) is 26.4 Å². The molecule has 0 N–H and O–H groups in total. The van der Waals surface area contributed by atoms with Crippen molar-refractivity contribution >= 4 is 5.69 Å². The van der Waals surface area contributed by atoms with Crippen LogP contribution < -0.4 is 4.74 Å². The van der Waals surface area contributed by atoms with Gasteiger partial charge in [-0.2, -0.15) is 0 Å². The number of hydrogen-bond acceptors (Lipinski definition) is 5. The predicted molar refractivity (Wildman–Crippen MR) is 68.0 cm³/mol. The zero-order valence-electron chi connectivity index (χ0n) is 10.7. The monoisotopic (exact) mass is 262 g/mol. The highest BCUT2D eigenvalue weighted by molar-refractivity contribution is 5.35. The second kappa shape index (κ2) is 5.51. The van der Waals surface area contributed by atoms with Crippen LogP contribution in [0.15, 0.2) is 34.9 Å². The first-order valence-corrected chi connectivity index (χ1v) is 5.88. The van der Waals surface area contributed by atoms with E-state index in [1.54, 1.807) is 18.3 Å². The summed E-state index contributed by atoms with van der Waals surface area (Å²) < 4.78 is 10.9. The zero-order valence-corrected chi connectivity index (χ0v) is 10.7. The maximum absolute atomic E-state index is 10.5. The van der Waals surface area contributed by atoms with Crippen LogP contribution in [0, 0.1) is 10.1 Å². The van der Waals surface area contributed by atoms with Crippen molar-refractivity contribution in [2.24, 2.45) is 0 Å². The Morgan fingerprint density at radius 1 is 1.37 bits per heavy atom. The van der Waals surface area contributed by atoms with Crippen molar-refractivity contribution in [3.05, 3.63) is 52.2 Å². The van der Waals surface area contributed by atoms with E-state index in [2.05, 4.69) is 4.98 Å². The van der Waals surface area contributed by atoms with E-state index in [1.807, 2.05) is 13.8 Å². The molecule has 19 heavy (non-hydrogen) atoms. The van der Waals surface area contributed by atoms with Gasteiger partial charge in [-0.25, -0.2) is 4.98 Å². The van der Waals surface area contributed by atoms with Gasteiger partial charge < -0.3 is 9.15 Å². The summed E-state index contributed by atoms with van der Waals surface area (Å²) in [6.45, 7) is 4.23. The van der Waals surface area contributed by atoms with E-state index >= 15 is 0 Å². The van der Waals surface area contributed by atoms with E-state index in [4.69, 9.17) is 9.15 Å². The molecule has 0 unspecified atom stereocenters. The first kappa shape index (κ1) is 13.1. The number of hydrogen-bond donors (Lipinski definition) is 0. The van der Waals surface area contributed by atoms with E-state index in [9.17, 15) is 10.1 Å². The standard InChI is InChI=1S/C13H14N2O4/c1-9(2)12-7-14-13(19-12)8-18-11-5-3-10(4-6-11)15(16)17/h3-7,9H,8H2,1-2H3. The first-order valence-electron chi connectivity index (χ1n) is 5.88. The predicted octanol–water partition coefficient (Wildman–Crippen LogP) is 3.29. The number of ether oxygens (including phenoxy) is 1. The average Bonchev–Trinajstić information content (AvgIpc) is 2.86. The number of aromatic nitrogens is 1. The molecule has 0 aliphatic rings. The third-order valence-electron chi connectivity index (χ3n) is 2.55. The molecule has 0 bridgehead atoms. The third-order valence-corrected chi connectivity index (χ3v) is 2.55. The second-order valence-electron chi connectivity index (χ2n) is 4.35. The highest BCUT2D eigenvalue weighted by Gasteiger charge is 2.09. The molecule has 6 nitrogen and oxygen atoms in total. The Bertz CT molecular complexity index is 560. The lowest BCUT2D eigenvalue weighted by molar-refractivity contribution is -0.384. The molecule has 0 aliphatic heterocycles. The molecular weight excluding hydrogens is 248 g/mol. The normalized spacial score (nSPS) is 10.7. The van der Waals surface area contributed by atoms with Gasteiger partial charge in [-0.15, -0.1) is 0 Å². The third kappa shape index (κ3) is 3.31. The molecule has 0 saturated carbocycles. The molecule has 1 aromatic carbocycles. The fraction of sp³-hybridized carbons (Fsp3) is 0.308. The van der Waals surface area contributed by atoms with Crippen molar-refractivity contribution < 1.29 is 14.1 Å². The lowest BCUT2D eigenvalue weighted by Gasteiger charge is -2.03. The van der Waals surface area contributed by atoms with E-state index < -0.39 is 4.92 Å². The smallest absolute Gasteiger partial charge is 0.269 e. The van der Waals surface area contributed by atoms with Gasteiger partial charge in [-0.1, -0.05) is 13.8 Å². The summed E-state index contributed by atoms with van der Waals surface area (Å²) in [4.78, 5) is 14.1. The van der Waals surface area contributed by atoms with Gasteiger partial charge >= 0.3 is 0 Å². The fourth-order valence-electron chi connectivity index (χ4n) is 1.47. The van der Waals surface area contributed by atoms with Crippen molar-refractivity contribution in [3.63, 3.8) is 0 Å². The molecule has 1 aromatic heterocycles. The Balaban J connectivity index is 1.96. The molecule has 0 aliphatic carbocycles. The van der Waals surface area contributed by atoms with Crippen LogP contribution in [0.4, 0.5) is 5.69 Å². The Labute approximate surface area is 110 Å². The molecule has 6 heteroatoms. The van der Waals surface area contributed by atoms with Gasteiger partial charge in [0.05, 0.1) is 11.1 Å². The average molecular weight is 262 g/mol. The molecule has 0 spiro atoms. The number of nitrogens with zero attached hydrogens (tertiary/aromatic N) is 2. The largest absolute Gasteiger partial charge is 0.484 e. The summed E-state index contributed by atoms with van der Waals surface area (Å²) in [6.07, 6.45) is 1.68. The number of nitro groups is 1. The van der Waals surface area contributed by atoms with Crippen molar-refractivity contribution in [2.75, 3.05) is 0 Å². The summed E-state index contributed by atoms with van der Waals surface area (Å²) in [6, 6.07) is 5.88. The Morgan fingerprint density at radius 2 is 2.05 bits per heavy atom. The highest BCUT2D eigenvalue weighted by atomic mass is 16.6. The molecule has 2 aromatic rings. The minimum atomic E-state index is -0.452. The van der Waals surface area contributed by atoms with E-state index in [1.165, 1.54) is 12.1 Å². The minimum Gasteiger partial charge on any atom is -0.484 e. The van der Waals surface area contributed by atoms with Gasteiger partial charge in [0.15, 0.2) is 6.61 Å². The van der Waals surface area contributed by atoms with Gasteiger partial charge in [0, 0.05) is 18.1 Å². The molecule has 0 saturated heterocycles. The summed E-state index contributed by atoms with van der Waals surface area (Å²) >= 11 is 0. The Morgan fingerprint density at radius 3 is 2.58 bits per heavy atom. The minimum absolute atomic E-state index is 0.0329. The van der Waals surface area contributed by atoms with Crippen molar-refractivity contribution in [1.29, 1.82) is 0 Å². The van der Waals surface area contributed by atoms with Crippen LogP contribution in [-0.2, 0) is 6.61 Å². The van der Waals surface area contributed by atoms with Gasteiger partial charge in [-0.3, -0.25) is 10.1 Å². The molecular formula is C13H14N2O4. The molecule has 0 radical (unpaired) electrons. The SMILES string of the molecule is CC(C)c1cnc(COc2ccc([N+](=O)[O-])cc2)o1. The molecule has 0 fully saturated rings. The maximum Gasteiger partial charge on any atom is 0.269 e. The van der Waals surface area contributed by atoms with Crippen LogP contribution in [0.2, 0.25) is 0 Å². The molecule has 2 rings (SSSR count). The van der Waals surface area contributed by atoms with Crippen LogP contribution in [0.1, 0.15) is 31.4 Å². The second-order valence-corrected chi connectivity index (χ2v) is 4.35. The first-order chi connectivity index (χ1) is 9.06. The van der Waals surface area contributed by atoms with Gasteiger partial charge in [-0.05, 0) is 12.1 Å². The molecule has 1 heterocycles. The highest BCUT2D eigenvalue weighted by Crippen LogP contribution is 2.19. The van der Waals surface area contributed by atoms with Crippen molar-refractivity contribution in [3.8, 4) is 5.75 Å². The summed E-state index contributed by atoms with van der Waals surface area (Å²) in [5.74, 6) is 2.11. The summed E-state index contributed by atoms with van der Waals surface area (Å²) in [7, 11) is 0. The number of benzene rings is 1.